The Morgan fingerprint density at radius 2 is 2.05 bits per heavy atom. The molecule has 1 aromatic carbocycles. The summed E-state index contributed by atoms with van der Waals surface area (Å²) in [4.78, 5) is 12.9. The van der Waals surface area contributed by atoms with Gasteiger partial charge in [0.2, 0.25) is 0 Å². The number of hydrogen-bond acceptors (Lipinski definition) is 2. The van der Waals surface area contributed by atoms with Gasteiger partial charge in [0.25, 0.3) is 0 Å². The molecule has 0 amide bonds. The van der Waals surface area contributed by atoms with Gasteiger partial charge in [0.15, 0.2) is 6.04 Å². The fourth-order valence-electron chi connectivity index (χ4n) is 3.01. The van der Waals surface area contributed by atoms with E-state index in [1.807, 2.05) is 0 Å². The Hall–Kier alpha value is -1.56. The van der Waals surface area contributed by atoms with Crippen molar-refractivity contribution in [2.75, 3.05) is 13.2 Å². The first-order valence-electron chi connectivity index (χ1n) is 7.59. The van der Waals surface area contributed by atoms with Crippen molar-refractivity contribution >= 4 is 5.97 Å². The Bertz CT molecular complexity index is 516. The predicted octanol–water partition coefficient (Wildman–Crippen LogP) is 2.21. The standard InChI is InChI=1S/C16H20F3NO2/c1-2-22-15(21)14-9-5-6-10-20(14)11-12-7-3-4-8-13(12)16(17,18)19/h3-4,7-8,14H,2,5-6,9-11H2,1H3/p+1/t14-/m1/s1. The maximum atomic E-state index is 13.1. The minimum atomic E-state index is -4.37. The molecule has 2 rings (SSSR count). The molecule has 1 aliphatic rings. The van der Waals surface area contributed by atoms with Crippen molar-refractivity contribution in [3.63, 3.8) is 0 Å². The number of likely N-dealkylation sites (tertiary alicyclic amines) is 1. The van der Waals surface area contributed by atoms with E-state index in [2.05, 4.69) is 0 Å². The van der Waals surface area contributed by atoms with Crippen molar-refractivity contribution < 1.29 is 27.6 Å². The lowest BCUT2D eigenvalue weighted by molar-refractivity contribution is -0.935. The highest BCUT2D eigenvalue weighted by Crippen LogP contribution is 2.31. The monoisotopic (exact) mass is 316 g/mol. The van der Waals surface area contributed by atoms with Gasteiger partial charge in [-0.05, 0) is 25.8 Å². The van der Waals surface area contributed by atoms with Gasteiger partial charge in [0.05, 0.1) is 18.7 Å². The molecular weight excluding hydrogens is 295 g/mol. The molecule has 22 heavy (non-hydrogen) atoms. The molecule has 0 spiro atoms. The third-order valence-corrected chi connectivity index (χ3v) is 4.04. The molecule has 1 aromatic rings. The number of carbonyl (C=O) groups excluding carboxylic acids is 1. The van der Waals surface area contributed by atoms with E-state index in [0.29, 0.717) is 19.6 Å². The van der Waals surface area contributed by atoms with Crippen LogP contribution in [0.2, 0.25) is 0 Å². The van der Waals surface area contributed by atoms with Crippen molar-refractivity contribution in [2.24, 2.45) is 0 Å². The van der Waals surface area contributed by atoms with Crippen molar-refractivity contribution in [2.45, 2.75) is 44.9 Å². The van der Waals surface area contributed by atoms with Gasteiger partial charge in [0, 0.05) is 12.0 Å². The quantitative estimate of drug-likeness (QED) is 0.864. The summed E-state index contributed by atoms with van der Waals surface area (Å²) in [5.41, 5.74) is -0.378. The van der Waals surface area contributed by atoms with E-state index in [-0.39, 0.29) is 24.1 Å². The molecule has 3 nitrogen and oxygen atoms in total. The molecule has 0 radical (unpaired) electrons. The van der Waals surface area contributed by atoms with Crippen LogP contribution in [-0.4, -0.2) is 25.2 Å². The highest BCUT2D eigenvalue weighted by molar-refractivity contribution is 5.74. The molecule has 6 heteroatoms. The third kappa shape index (κ3) is 4.00. The third-order valence-electron chi connectivity index (χ3n) is 4.04. The topological polar surface area (TPSA) is 30.7 Å². The van der Waals surface area contributed by atoms with Gasteiger partial charge in [-0.3, -0.25) is 0 Å². The fourth-order valence-corrected chi connectivity index (χ4v) is 3.01. The van der Waals surface area contributed by atoms with Gasteiger partial charge < -0.3 is 9.64 Å². The first-order chi connectivity index (χ1) is 10.4. The maximum absolute atomic E-state index is 13.1. The van der Waals surface area contributed by atoms with Gasteiger partial charge in [-0.25, -0.2) is 4.79 Å². The SMILES string of the molecule is CCOC(=O)[C@H]1CCCC[NH+]1Cc1ccccc1C(F)(F)F. The summed E-state index contributed by atoms with van der Waals surface area (Å²) >= 11 is 0. The molecule has 0 aromatic heterocycles. The zero-order valence-corrected chi connectivity index (χ0v) is 12.6. The van der Waals surface area contributed by atoms with E-state index < -0.39 is 11.7 Å². The first-order valence-corrected chi connectivity index (χ1v) is 7.59. The van der Waals surface area contributed by atoms with Gasteiger partial charge in [-0.15, -0.1) is 0 Å². The van der Waals surface area contributed by atoms with E-state index in [0.717, 1.165) is 23.8 Å². The van der Waals surface area contributed by atoms with Crippen molar-refractivity contribution in [3.8, 4) is 0 Å². The van der Waals surface area contributed by atoms with Gasteiger partial charge in [-0.1, -0.05) is 18.2 Å². The first kappa shape index (κ1) is 16.8. The number of halogens is 3. The number of nitrogens with one attached hydrogen (secondary N) is 1. The highest BCUT2D eigenvalue weighted by atomic mass is 19.4. The van der Waals surface area contributed by atoms with E-state index in [4.69, 9.17) is 4.74 Å². The fraction of sp³-hybridized carbons (Fsp3) is 0.562. The molecule has 1 heterocycles. The number of piperidine rings is 1. The average Bonchev–Trinajstić information content (AvgIpc) is 2.47. The minimum Gasteiger partial charge on any atom is -0.462 e. The molecule has 1 saturated heterocycles. The van der Waals surface area contributed by atoms with Crippen LogP contribution in [0.15, 0.2) is 24.3 Å². The summed E-state index contributed by atoms with van der Waals surface area (Å²) in [7, 11) is 0. The summed E-state index contributed by atoms with van der Waals surface area (Å²) in [6.45, 7) is 2.91. The summed E-state index contributed by atoms with van der Waals surface area (Å²) < 4.78 is 44.3. The van der Waals surface area contributed by atoms with Crippen molar-refractivity contribution in [1.82, 2.24) is 0 Å². The number of carbonyl (C=O) groups is 1. The Labute approximate surface area is 128 Å². The zero-order valence-electron chi connectivity index (χ0n) is 12.6. The minimum absolute atomic E-state index is 0.194. The highest BCUT2D eigenvalue weighted by Gasteiger charge is 2.37. The molecule has 1 fully saturated rings. The lowest BCUT2D eigenvalue weighted by Crippen LogP contribution is -3.16. The average molecular weight is 316 g/mol. The summed E-state index contributed by atoms with van der Waals surface area (Å²) in [6.07, 6.45) is -1.87. The van der Waals surface area contributed by atoms with Gasteiger partial charge in [0.1, 0.15) is 6.54 Å². The lowest BCUT2D eigenvalue weighted by atomic mass is 9.99. The largest absolute Gasteiger partial charge is 0.462 e. The number of alkyl halides is 3. The summed E-state index contributed by atoms with van der Waals surface area (Å²) in [6, 6.07) is 5.22. The molecule has 1 aliphatic heterocycles. The van der Waals surface area contributed by atoms with Crippen LogP contribution >= 0.6 is 0 Å². The van der Waals surface area contributed by atoms with Crippen LogP contribution in [-0.2, 0) is 22.3 Å². The molecule has 0 bridgehead atoms. The Morgan fingerprint density at radius 1 is 1.32 bits per heavy atom. The maximum Gasteiger partial charge on any atom is 0.416 e. The van der Waals surface area contributed by atoms with E-state index in [1.165, 1.54) is 12.1 Å². The van der Waals surface area contributed by atoms with Gasteiger partial charge >= 0.3 is 12.1 Å². The number of hydrogen-bond donors (Lipinski definition) is 1. The van der Waals surface area contributed by atoms with Crippen LogP contribution in [0.1, 0.15) is 37.3 Å². The second-order valence-electron chi connectivity index (χ2n) is 5.54. The van der Waals surface area contributed by atoms with Crippen LogP contribution in [0.3, 0.4) is 0 Å². The molecule has 1 unspecified atom stereocenters. The zero-order chi connectivity index (χ0) is 16.2. The summed E-state index contributed by atoms with van der Waals surface area (Å²) in [5.74, 6) is -0.304. The molecule has 0 aliphatic carbocycles. The Balaban J connectivity index is 2.19. The smallest absolute Gasteiger partial charge is 0.416 e. The van der Waals surface area contributed by atoms with E-state index in [9.17, 15) is 18.0 Å². The normalized spacial score (nSPS) is 22.4. The van der Waals surface area contributed by atoms with Crippen LogP contribution in [0, 0.1) is 0 Å². The van der Waals surface area contributed by atoms with Gasteiger partial charge in [-0.2, -0.15) is 13.2 Å². The molecule has 1 N–H and O–H groups in total. The van der Waals surface area contributed by atoms with Crippen LogP contribution in [0.4, 0.5) is 13.2 Å². The molecule has 122 valence electrons. The van der Waals surface area contributed by atoms with Crippen LogP contribution in [0.5, 0.6) is 0 Å². The molecule has 0 saturated carbocycles. The van der Waals surface area contributed by atoms with Crippen LogP contribution < -0.4 is 4.90 Å². The Morgan fingerprint density at radius 3 is 2.73 bits per heavy atom. The predicted molar refractivity (Wildman–Crippen MR) is 75.2 cm³/mol. The van der Waals surface area contributed by atoms with E-state index in [1.54, 1.807) is 13.0 Å². The number of esters is 1. The molecular formula is C16H21F3NO2+. The van der Waals surface area contributed by atoms with Crippen molar-refractivity contribution in [1.29, 1.82) is 0 Å². The number of benzene rings is 1. The lowest BCUT2D eigenvalue weighted by Gasteiger charge is -2.31. The Kier molecular flexibility index (Phi) is 5.45. The molecule has 2 atom stereocenters. The number of quaternary nitrogens is 1. The summed E-state index contributed by atoms with van der Waals surface area (Å²) in [5, 5.41) is 0. The van der Waals surface area contributed by atoms with E-state index >= 15 is 0 Å². The van der Waals surface area contributed by atoms with Crippen LogP contribution in [0.25, 0.3) is 0 Å². The second kappa shape index (κ2) is 7.13. The number of rotatable bonds is 4. The van der Waals surface area contributed by atoms with Crippen molar-refractivity contribution in [3.05, 3.63) is 35.4 Å². The number of ether oxygens (including phenoxy) is 1. The second-order valence-corrected chi connectivity index (χ2v) is 5.54.